The third-order valence-electron chi connectivity index (χ3n) is 4.36. The van der Waals surface area contributed by atoms with Crippen molar-refractivity contribution in [1.82, 2.24) is 4.98 Å². The fourth-order valence-corrected chi connectivity index (χ4v) is 4.50. The number of anilines is 2. The van der Waals surface area contributed by atoms with Gasteiger partial charge in [0.05, 0.1) is 5.69 Å². The van der Waals surface area contributed by atoms with Crippen LogP contribution < -0.4 is 4.90 Å². The van der Waals surface area contributed by atoms with Gasteiger partial charge in [-0.05, 0) is 37.3 Å². The van der Waals surface area contributed by atoms with Gasteiger partial charge in [0.1, 0.15) is 5.92 Å². The van der Waals surface area contributed by atoms with Crippen LogP contribution >= 0.6 is 11.3 Å². The van der Waals surface area contributed by atoms with Crippen molar-refractivity contribution in [3.63, 3.8) is 0 Å². The molecule has 5 heteroatoms. The third kappa shape index (κ3) is 2.03. The van der Waals surface area contributed by atoms with E-state index in [0.717, 1.165) is 41.5 Å². The highest BCUT2D eigenvalue weighted by atomic mass is 32.1. The summed E-state index contributed by atoms with van der Waals surface area (Å²) in [5, 5.41) is 10.3. The van der Waals surface area contributed by atoms with Crippen LogP contribution in [0.25, 0.3) is 0 Å². The zero-order chi connectivity index (χ0) is 14.4. The van der Waals surface area contributed by atoms with Crippen molar-refractivity contribution in [3.8, 4) is 0 Å². The molecule has 1 atom stereocenters. The lowest BCUT2D eigenvalue weighted by Crippen LogP contribution is -2.18. The predicted octanol–water partition coefficient (Wildman–Crippen LogP) is 3.34. The maximum Gasteiger partial charge on any atom is 0.312 e. The Morgan fingerprint density at radius 2 is 2.19 bits per heavy atom. The van der Waals surface area contributed by atoms with Crippen LogP contribution in [0.5, 0.6) is 0 Å². The number of benzene rings is 1. The number of aryl methyl sites for hydroxylation is 1. The number of fused-ring (bicyclic) bond motifs is 2. The highest BCUT2D eigenvalue weighted by Crippen LogP contribution is 2.42. The number of aromatic nitrogens is 1. The molecule has 2 aromatic rings. The number of carboxylic acids is 1. The normalized spacial score (nSPS) is 20.2. The van der Waals surface area contributed by atoms with E-state index in [0.29, 0.717) is 6.42 Å². The van der Waals surface area contributed by atoms with Crippen molar-refractivity contribution in [3.05, 3.63) is 40.4 Å². The van der Waals surface area contributed by atoms with E-state index in [1.54, 1.807) is 11.3 Å². The molecule has 4 rings (SSSR count). The lowest BCUT2D eigenvalue weighted by molar-refractivity contribution is -0.139. The first kappa shape index (κ1) is 12.8. The van der Waals surface area contributed by atoms with Crippen molar-refractivity contribution >= 4 is 28.1 Å². The summed E-state index contributed by atoms with van der Waals surface area (Å²) in [6, 6.07) is 8.39. The van der Waals surface area contributed by atoms with Crippen molar-refractivity contribution < 1.29 is 9.90 Å². The number of rotatable bonds is 2. The van der Waals surface area contributed by atoms with E-state index in [1.807, 2.05) is 6.07 Å². The second-order valence-electron chi connectivity index (χ2n) is 5.62. The Kier molecular flexibility index (Phi) is 2.96. The highest BCUT2D eigenvalue weighted by molar-refractivity contribution is 7.15. The smallest absolute Gasteiger partial charge is 0.312 e. The molecule has 2 heterocycles. The second kappa shape index (κ2) is 4.84. The van der Waals surface area contributed by atoms with Crippen molar-refractivity contribution in [1.29, 1.82) is 0 Å². The van der Waals surface area contributed by atoms with Crippen LogP contribution in [0.15, 0.2) is 24.3 Å². The monoisotopic (exact) mass is 300 g/mol. The lowest BCUT2D eigenvalue weighted by atomic mass is 9.91. The van der Waals surface area contributed by atoms with Gasteiger partial charge in [0.25, 0.3) is 0 Å². The summed E-state index contributed by atoms with van der Waals surface area (Å²) in [6.45, 7) is 0.934. The van der Waals surface area contributed by atoms with Gasteiger partial charge in [0, 0.05) is 17.1 Å². The lowest BCUT2D eigenvalue weighted by Gasteiger charge is -2.16. The van der Waals surface area contributed by atoms with Crippen molar-refractivity contribution in [2.75, 3.05) is 11.4 Å². The van der Waals surface area contributed by atoms with E-state index in [2.05, 4.69) is 23.1 Å². The Balaban J connectivity index is 1.74. The number of carbonyl (C=O) groups is 1. The first-order valence-electron chi connectivity index (χ1n) is 7.32. The Bertz CT molecular complexity index is 710. The molecule has 0 radical (unpaired) electrons. The number of aliphatic carboxylic acids is 1. The van der Waals surface area contributed by atoms with Crippen LogP contribution in [0.3, 0.4) is 0 Å². The van der Waals surface area contributed by atoms with Crippen molar-refractivity contribution in [2.45, 2.75) is 31.6 Å². The van der Waals surface area contributed by atoms with Crippen LogP contribution in [0.4, 0.5) is 10.8 Å². The molecule has 0 spiro atoms. The molecule has 108 valence electrons. The molecule has 1 aromatic carbocycles. The standard InChI is InChI=1S/C16H16N2O2S/c19-15(20)11-5-3-7-13-14(11)17-16(21-13)18-9-8-10-4-1-2-6-12(10)18/h1-2,4,6,11H,3,5,7-9H2,(H,19,20). The molecule has 2 aliphatic rings. The number of nitrogens with zero attached hydrogens (tertiary/aromatic N) is 2. The molecule has 0 saturated heterocycles. The minimum atomic E-state index is -0.741. The Morgan fingerprint density at radius 3 is 3.05 bits per heavy atom. The van der Waals surface area contributed by atoms with Crippen LogP contribution in [-0.2, 0) is 17.6 Å². The number of para-hydroxylation sites is 1. The molecular formula is C16H16N2O2S. The number of carboxylic acid groups (broad SMARTS) is 1. The Hall–Kier alpha value is -1.88. The van der Waals surface area contributed by atoms with Gasteiger partial charge in [-0.1, -0.05) is 18.2 Å². The van der Waals surface area contributed by atoms with E-state index in [4.69, 9.17) is 4.98 Å². The SMILES string of the molecule is O=C(O)C1CCCc2sc(N3CCc4ccccc43)nc21. The van der Waals surface area contributed by atoms with Gasteiger partial charge in [-0.15, -0.1) is 11.3 Å². The van der Waals surface area contributed by atoms with Gasteiger partial charge in [-0.2, -0.15) is 0 Å². The van der Waals surface area contributed by atoms with Gasteiger partial charge in [-0.25, -0.2) is 4.98 Å². The van der Waals surface area contributed by atoms with E-state index < -0.39 is 11.9 Å². The fraction of sp³-hybridized carbons (Fsp3) is 0.375. The summed E-state index contributed by atoms with van der Waals surface area (Å²) in [4.78, 5) is 19.5. The Labute approximate surface area is 127 Å². The number of hydrogen-bond donors (Lipinski definition) is 1. The largest absolute Gasteiger partial charge is 0.481 e. The molecule has 0 amide bonds. The van der Waals surface area contributed by atoms with Crippen LogP contribution in [0.1, 0.15) is 34.9 Å². The molecule has 1 unspecified atom stereocenters. The molecule has 1 aromatic heterocycles. The minimum Gasteiger partial charge on any atom is -0.481 e. The first-order chi connectivity index (χ1) is 10.2. The summed E-state index contributed by atoms with van der Waals surface area (Å²) in [5.74, 6) is -1.16. The molecule has 21 heavy (non-hydrogen) atoms. The summed E-state index contributed by atoms with van der Waals surface area (Å²) in [5.41, 5.74) is 3.37. The number of hydrogen-bond acceptors (Lipinski definition) is 4. The van der Waals surface area contributed by atoms with E-state index in [9.17, 15) is 9.90 Å². The van der Waals surface area contributed by atoms with Gasteiger partial charge < -0.3 is 10.0 Å². The summed E-state index contributed by atoms with van der Waals surface area (Å²) in [7, 11) is 0. The average molecular weight is 300 g/mol. The molecule has 1 N–H and O–H groups in total. The topological polar surface area (TPSA) is 53.4 Å². The van der Waals surface area contributed by atoms with Gasteiger partial charge in [0.2, 0.25) is 0 Å². The van der Waals surface area contributed by atoms with Gasteiger partial charge >= 0.3 is 5.97 Å². The third-order valence-corrected chi connectivity index (χ3v) is 5.51. The molecule has 0 bridgehead atoms. The van der Waals surface area contributed by atoms with Crippen LogP contribution in [-0.4, -0.2) is 22.6 Å². The average Bonchev–Trinajstić information content (AvgIpc) is 3.09. The molecule has 1 aliphatic carbocycles. The Morgan fingerprint density at radius 1 is 1.33 bits per heavy atom. The maximum absolute atomic E-state index is 11.4. The minimum absolute atomic E-state index is 0.420. The van der Waals surface area contributed by atoms with Crippen LogP contribution in [0.2, 0.25) is 0 Å². The summed E-state index contributed by atoms with van der Waals surface area (Å²) in [6.07, 6.45) is 3.65. The zero-order valence-corrected chi connectivity index (χ0v) is 12.4. The highest BCUT2D eigenvalue weighted by Gasteiger charge is 2.32. The van der Waals surface area contributed by atoms with Crippen molar-refractivity contribution in [2.24, 2.45) is 0 Å². The number of thiazole rings is 1. The van der Waals surface area contributed by atoms with Gasteiger partial charge in [-0.3, -0.25) is 4.79 Å². The molecule has 0 fully saturated rings. The second-order valence-corrected chi connectivity index (χ2v) is 6.68. The summed E-state index contributed by atoms with van der Waals surface area (Å²) >= 11 is 1.67. The summed E-state index contributed by atoms with van der Waals surface area (Å²) < 4.78 is 0. The molecule has 0 saturated carbocycles. The quantitative estimate of drug-likeness (QED) is 0.924. The molecular weight excluding hydrogens is 284 g/mol. The van der Waals surface area contributed by atoms with Gasteiger partial charge in [0.15, 0.2) is 5.13 Å². The zero-order valence-electron chi connectivity index (χ0n) is 11.6. The van der Waals surface area contributed by atoms with Crippen LogP contribution in [0, 0.1) is 0 Å². The predicted molar refractivity (Wildman–Crippen MR) is 82.6 cm³/mol. The van der Waals surface area contributed by atoms with E-state index in [-0.39, 0.29) is 0 Å². The van der Waals surface area contributed by atoms with E-state index >= 15 is 0 Å². The molecule has 4 nitrogen and oxygen atoms in total. The fourth-order valence-electron chi connectivity index (χ4n) is 3.30. The van der Waals surface area contributed by atoms with E-state index in [1.165, 1.54) is 11.3 Å². The maximum atomic E-state index is 11.4. The molecule has 1 aliphatic heterocycles. The first-order valence-corrected chi connectivity index (χ1v) is 8.13.